The molecule has 0 atom stereocenters. The van der Waals surface area contributed by atoms with E-state index in [9.17, 15) is 9.59 Å². The summed E-state index contributed by atoms with van der Waals surface area (Å²) >= 11 is 8.87. The minimum Gasteiger partial charge on any atom is -0.497 e. The molecule has 0 saturated heterocycles. The minimum atomic E-state index is -0.213. The van der Waals surface area contributed by atoms with Crippen molar-refractivity contribution in [1.82, 2.24) is 14.5 Å². The molecule has 0 fully saturated rings. The Labute approximate surface area is 250 Å². The molecule has 41 heavy (non-hydrogen) atoms. The number of hydrogen-bond acceptors (Lipinski definition) is 7. The SMILES string of the molecule is COc1ccc(-n2c(SCC(=O)Nc3cccc(Cl)c3)nc3sc4c(c3c2=O)CCN(Cc2ccccc2)C4)cc1. The zero-order chi connectivity index (χ0) is 28.3. The maximum atomic E-state index is 14.1. The zero-order valence-electron chi connectivity index (χ0n) is 22.3. The van der Waals surface area contributed by atoms with Crippen LogP contribution in [0.15, 0.2) is 88.8 Å². The van der Waals surface area contributed by atoms with Crippen molar-refractivity contribution < 1.29 is 9.53 Å². The molecule has 1 N–H and O–H groups in total. The van der Waals surface area contributed by atoms with E-state index < -0.39 is 0 Å². The number of methoxy groups -OCH3 is 1. The van der Waals surface area contributed by atoms with Gasteiger partial charge in [0.15, 0.2) is 5.16 Å². The maximum absolute atomic E-state index is 14.1. The molecule has 0 unspecified atom stereocenters. The Morgan fingerprint density at radius 2 is 1.90 bits per heavy atom. The monoisotopic (exact) mass is 602 g/mol. The predicted molar refractivity (Wildman–Crippen MR) is 167 cm³/mol. The lowest BCUT2D eigenvalue weighted by atomic mass is 10.0. The molecular formula is C31H27ClN4O3S2. The number of carbonyl (C=O) groups is 1. The van der Waals surface area contributed by atoms with Crippen molar-refractivity contribution in [3.63, 3.8) is 0 Å². The van der Waals surface area contributed by atoms with E-state index in [-0.39, 0.29) is 17.2 Å². The van der Waals surface area contributed by atoms with Crippen molar-refractivity contribution >= 4 is 56.5 Å². The second-order valence-electron chi connectivity index (χ2n) is 9.71. The zero-order valence-corrected chi connectivity index (χ0v) is 24.7. The van der Waals surface area contributed by atoms with Gasteiger partial charge in [0.05, 0.1) is 23.9 Å². The smallest absolute Gasteiger partial charge is 0.267 e. The van der Waals surface area contributed by atoms with Gasteiger partial charge in [-0.25, -0.2) is 4.98 Å². The number of benzene rings is 3. The summed E-state index contributed by atoms with van der Waals surface area (Å²) in [5, 5.41) is 4.55. The number of fused-ring (bicyclic) bond motifs is 3. The highest BCUT2D eigenvalue weighted by Gasteiger charge is 2.26. The third kappa shape index (κ3) is 6.04. The van der Waals surface area contributed by atoms with E-state index in [1.54, 1.807) is 47.3 Å². The van der Waals surface area contributed by atoms with Gasteiger partial charge in [-0.1, -0.05) is 59.8 Å². The molecular weight excluding hydrogens is 576 g/mol. The second-order valence-corrected chi connectivity index (χ2v) is 12.2. The number of carbonyl (C=O) groups excluding carboxylic acids is 1. The van der Waals surface area contributed by atoms with Gasteiger partial charge < -0.3 is 10.1 Å². The van der Waals surface area contributed by atoms with Gasteiger partial charge >= 0.3 is 0 Å². The third-order valence-corrected chi connectivity index (χ3v) is 9.23. The van der Waals surface area contributed by atoms with E-state index in [2.05, 4.69) is 34.5 Å². The Balaban J connectivity index is 1.33. The van der Waals surface area contributed by atoms with Gasteiger partial charge in [-0.3, -0.25) is 19.1 Å². The molecule has 1 aliphatic rings. The lowest BCUT2D eigenvalue weighted by molar-refractivity contribution is -0.113. The average Bonchev–Trinajstić information content (AvgIpc) is 3.35. The van der Waals surface area contributed by atoms with Crippen molar-refractivity contribution in [2.24, 2.45) is 0 Å². The molecule has 0 radical (unpaired) electrons. The van der Waals surface area contributed by atoms with E-state index >= 15 is 0 Å². The number of halogens is 1. The summed E-state index contributed by atoms with van der Waals surface area (Å²) < 4.78 is 6.93. The fourth-order valence-corrected chi connectivity index (χ4v) is 7.31. The maximum Gasteiger partial charge on any atom is 0.267 e. The molecule has 1 aliphatic heterocycles. The molecule has 0 aliphatic carbocycles. The van der Waals surface area contributed by atoms with Gasteiger partial charge in [-0.2, -0.15) is 0 Å². The van der Waals surface area contributed by atoms with Crippen LogP contribution < -0.4 is 15.6 Å². The topological polar surface area (TPSA) is 76.5 Å². The second kappa shape index (κ2) is 12.1. The van der Waals surface area contributed by atoms with Crippen LogP contribution in [0.2, 0.25) is 5.02 Å². The molecule has 0 spiro atoms. The summed E-state index contributed by atoms with van der Waals surface area (Å²) in [5.41, 5.74) is 3.53. The Morgan fingerprint density at radius 3 is 2.66 bits per heavy atom. The number of nitrogens with one attached hydrogen (secondary N) is 1. The van der Waals surface area contributed by atoms with Crippen LogP contribution in [0, 0.1) is 0 Å². The molecule has 10 heteroatoms. The number of thiophene rings is 1. The van der Waals surface area contributed by atoms with Crippen molar-refractivity contribution in [3.05, 3.63) is 110 Å². The molecule has 3 heterocycles. The van der Waals surface area contributed by atoms with E-state index in [1.807, 2.05) is 30.3 Å². The number of anilines is 1. The van der Waals surface area contributed by atoms with Gasteiger partial charge in [0.25, 0.3) is 5.56 Å². The largest absolute Gasteiger partial charge is 0.497 e. The first kappa shape index (κ1) is 27.5. The van der Waals surface area contributed by atoms with Crippen LogP contribution >= 0.6 is 34.7 Å². The van der Waals surface area contributed by atoms with E-state index in [0.717, 1.165) is 31.6 Å². The van der Waals surface area contributed by atoms with E-state index in [4.69, 9.17) is 21.3 Å². The van der Waals surface area contributed by atoms with Crippen molar-refractivity contribution in [3.8, 4) is 11.4 Å². The van der Waals surface area contributed by atoms with Crippen LogP contribution in [0.25, 0.3) is 15.9 Å². The molecule has 0 saturated carbocycles. The number of thioether (sulfide) groups is 1. The van der Waals surface area contributed by atoms with Crippen LogP contribution in [-0.2, 0) is 24.3 Å². The van der Waals surface area contributed by atoms with Crippen molar-refractivity contribution in [2.45, 2.75) is 24.7 Å². The van der Waals surface area contributed by atoms with Gasteiger partial charge in [-0.15, -0.1) is 11.3 Å². The predicted octanol–water partition coefficient (Wildman–Crippen LogP) is 6.40. The summed E-state index contributed by atoms with van der Waals surface area (Å²) in [6, 6.07) is 24.7. The van der Waals surface area contributed by atoms with Gasteiger partial charge in [0.1, 0.15) is 10.6 Å². The van der Waals surface area contributed by atoms with Crippen LogP contribution in [-0.4, -0.2) is 39.8 Å². The first-order chi connectivity index (χ1) is 20.0. The first-order valence-corrected chi connectivity index (χ1v) is 15.3. The van der Waals surface area contributed by atoms with Crippen LogP contribution in [0.5, 0.6) is 5.75 Å². The summed E-state index contributed by atoms with van der Waals surface area (Å²) in [5.74, 6) is 0.559. The Bertz CT molecular complexity index is 1770. The summed E-state index contributed by atoms with van der Waals surface area (Å²) in [6.45, 7) is 2.51. The quantitative estimate of drug-likeness (QED) is 0.164. The number of ether oxygens (including phenoxy) is 1. The number of hydrogen-bond donors (Lipinski definition) is 1. The van der Waals surface area contributed by atoms with E-state index in [0.29, 0.717) is 37.5 Å². The molecule has 0 bridgehead atoms. The fourth-order valence-electron chi connectivity index (χ4n) is 5.00. The van der Waals surface area contributed by atoms with Gasteiger partial charge in [0.2, 0.25) is 5.91 Å². The summed E-state index contributed by atoms with van der Waals surface area (Å²) in [4.78, 5) is 36.2. The van der Waals surface area contributed by atoms with Crippen LogP contribution in [0.1, 0.15) is 16.0 Å². The molecule has 6 rings (SSSR count). The first-order valence-electron chi connectivity index (χ1n) is 13.1. The number of rotatable bonds is 8. The molecule has 208 valence electrons. The summed E-state index contributed by atoms with van der Waals surface area (Å²) in [7, 11) is 1.60. The minimum absolute atomic E-state index is 0.0799. The van der Waals surface area contributed by atoms with Crippen LogP contribution in [0.4, 0.5) is 5.69 Å². The van der Waals surface area contributed by atoms with Gasteiger partial charge in [-0.05, 0) is 60.0 Å². The van der Waals surface area contributed by atoms with Crippen LogP contribution in [0.3, 0.4) is 0 Å². The summed E-state index contributed by atoms with van der Waals surface area (Å²) in [6.07, 6.45) is 0.788. The molecule has 2 aromatic heterocycles. The highest BCUT2D eigenvalue weighted by molar-refractivity contribution is 7.99. The highest BCUT2D eigenvalue weighted by atomic mass is 35.5. The lowest BCUT2D eigenvalue weighted by Gasteiger charge is -2.26. The third-order valence-electron chi connectivity index (χ3n) is 6.94. The lowest BCUT2D eigenvalue weighted by Crippen LogP contribution is -2.30. The Hall–Kier alpha value is -3.63. The fraction of sp³-hybridized carbons (Fsp3) is 0.194. The van der Waals surface area contributed by atoms with Gasteiger partial charge in [0, 0.05) is 35.2 Å². The average molecular weight is 603 g/mol. The molecule has 5 aromatic rings. The Morgan fingerprint density at radius 1 is 1.10 bits per heavy atom. The molecule has 7 nitrogen and oxygen atoms in total. The van der Waals surface area contributed by atoms with Crippen molar-refractivity contribution in [2.75, 3.05) is 24.7 Å². The number of amides is 1. The van der Waals surface area contributed by atoms with E-state index in [1.165, 1.54) is 22.2 Å². The number of nitrogens with zero attached hydrogens (tertiary/aromatic N) is 3. The normalized spacial score (nSPS) is 13.2. The van der Waals surface area contributed by atoms with Crippen molar-refractivity contribution in [1.29, 1.82) is 0 Å². The number of aromatic nitrogens is 2. The standard InChI is InChI=1S/C31H27ClN4O3S2/c1-39-24-12-10-23(11-13-24)36-30(38)28-25-14-15-35(17-20-6-3-2-4-7-20)18-26(25)41-29(28)34-31(36)40-19-27(37)33-22-9-5-8-21(32)16-22/h2-13,16H,14-15,17-19H2,1H3,(H,33,37). The molecule has 1 amide bonds. The highest BCUT2D eigenvalue weighted by Crippen LogP contribution is 2.35. The Kier molecular flexibility index (Phi) is 8.11. The molecule has 3 aromatic carbocycles.